The number of carboxylic acids is 1. The number of likely N-dealkylation sites (tertiary alicyclic amines) is 1. The number of aliphatic carboxylic acids is 1. The normalized spacial score (nSPS) is 25.4. The molecule has 2 saturated heterocycles. The number of benzene rings is 1. The Kier molecular flexibility index (Phi) is 4.23. The zero-order chi connectivity index (χ0) is 18.3. The van der Waals surface area contributed by atoms with Gasteiger partial charge in [0, 0.05) is 43.1 Å². The number of carboxylic acid groups (broad SMARTS) is 1. The van der Waals surface area contributed by atoms with E-state index in [2.05, 4.69) is 11.5 Å². The number of fused-ring (bicyclic) bond motifs is 2. The maximum atomic E-state index is 13.3. The first kappa shape index (κ1) is 17.1. The van der Waals surface area contributed by atoms with Gasteiger partial charge in [-0.05, 0) is 25.0 Å². The highest BCUT2D eigenvalue weighted by molar-refractivity contribution is 5.99. The van der Waals surface area contributed by atoms with Crippen molar-refractivity contribution in [1.29, 1.82) is 0 Å². The summed E-state index contributed by atoms with van der Waals surface area (Å²) in [6.07, 6.45) is 1.39. The minimum absolute atomic E-state index is 0.0790. The van der Waals surface area contributed by atoms with E-state index < -0.39 is 11.4 Å². The van der Waals surface area contributed by atoms with Crippen LogP contribution in [-0.4, -0.2) is 52.8 Å². The van der Waals surface area contributed by atoms with Crippen LogP contribution in [0.1, 0.15) is 30.3 Å². The van der Waals surface area contributed by atoms with Crippen molar-refractivity contribution in [1.82, 2.24) is 9.47 Å². The number of amides is 1. The summed E-state index contributed by atoms with van der Waals surface area (Å²) in [7, 11) is 0. The molecule has 2 aliphatic heterocycles. The summed E-state index contributed by atoms with van der Waals surface area (Å²) in [5, 5.41) is 10.9. The molecule has 2 fully saturated rings. The zero-order valence-corrected chi connectivity index (χ0v) is 15.0. The van der Waals surface area contributed by atoms with E-state index in [9.17, 15) is 14.7 Å². The highest BCUT2D eigenvalue weighted by atomic mass is 16.5. The van der Waals surface area contributed by atoms with Crippen LogP contribution in [0.15, 0.2) is 30.3 Å². The van der Waals surface area contributed by atoms with Crippen molar-refractivity contribution in [2.45, 2.75) is 26.3 Å². The van der Waals surface area contributed by atoms with Gasteiger partial charge in [0.1, 0.15) is 5.69 Å². The molecule has 2 aliphatic rings. The van der Waals surface area contributed by atoms with Crippen molar-refractivity contribution < 1.29 is 19.4 Å². The van der Waals surface area contributed by atoms with E-state index in [-0.39, 0.29) is 18.4 Å². The lowest BCUT2D eigenvalue weighted by atomic mass is 9.74. The maximum Gasteiger partial charge on any atom is 0.311 e. The number of carbonyl (C=O) groups is 2. The van der Waals surface area contributed by atoms with E-state index in [0.717, 1.165) is 23.9 Å². The summed E-state index contributed by atoms with van der Waals surface area (Å²) < 4.78 is 7.56. The van der Waals surface area contributed by atoms with Gasteiger partial charge in [0.2, 0.25) is 0 Å². The molecule has 0 radical (unpaired) electrons. The predicted octanol–water partition coefficient (Wildman–Crippen LogP) is 2.61. The van der Waals surface area contributed by atoms with Crippen molar-refractivity contribution in [2.24, 2.45) is 11.3 Å². The molecular weight excluding hydrogens is 332 g/mol. The minimum atomic E-state index is -0.866. The zero-order valence-electron chi connectivity index (χ0n) is 15.0. The molecule has 2 aromatic rings. The number of hydrogen-bond acceptors (Lipinski definition) is 3. The lowest BCUT2D eigenvalue weighted by Gasteiger charge is -2.33. The van der Waals surface area contributed by atoms with Gasteiger partial charge in [0.25, 0.3) is 5.91 Å². The van der Waals surface area contributed by atoms with Crippen molar-refractivity contribution in [3.05, 3.63) is 36.0 Å². The van der Waals surface area contributed by atoms with E-state index in [1.54, 1.807) is 4.90 Å². The number of para-hydroxylation sites is 1. The third-order valence-corrected chi connectivity index (χ3v) is 5.90. The van der Waals surface area contributed by atoms with Crippen molar-refractivity contribution >= 4 is 22.8 Å². The Balaban J connectivity index is 1.69. The van der Waals surface area contributed by atoms with E-state index in [1.807, 2.05) is 30.3 Å². The molecule has 0 aliphatic carbocycles. The van der Waals surface area contributed by atoms with Crippen LogP contribution in [0.25, 0.3) is 10.9 Å². The van der Waals surface area contributed by atoms with Crippen LogP contribution >= 0.6 is 0 Å². The highest BCUT2D eigenvalue weighted by Gasteiger charge is 2.55. The van der Waals surface area contributed by atoms with E-state index in [1.165, 1.54) is 0 Å². The fraction of sp³-hybridized carbons (Fsp3) is 0.500. The third-order valence-electron chi connectivity index (χ3n) is 5.90. The molecule has 3 heterocycles. The number of ether oxygens (including phenoxy) is 1. The number of carbonyl (C=O) groups excluding carboxylic acids is 1. The average Bonchev–Trinajstić information content (AvgIpc) is 3.21. The Bertz CT molecular complexity index is 859. The molecule has 0 unspecified atom stereocenters. The van der Waals surface area contributed by atoms with E-state index in [4.69, 9.17) is 4.74 Å². The summed E-state index contributed by atoms with van der Waals surface area (Å²) in [5.41, 5.74) is 0.828. The SMILES string of the molecule is CCCn1c(C(=O)N2C[C@H]3COCC[C@@]3(C(=O)O)C2)cc2ccccc21. The largest absolute Gasteiger partial charge is 0.481 e. The summed E-state index contributed by atoms with van der Waals surface area (Å²) in [4.78, 5) is 27.0. The molecule has 6 nitrogen and oxygen atoms in total. The van der Waals surface area contributed by atoms with Crippen LogP contribution in [0.2, 0.25) is 0 Å². The molecule has 1 aromatic carbocycles. The molecule has 6 heteroatoms. The van der Waals surface area contributed by atoms with Gasteiger partial charge in [0.05, 0.1) is 12.0 Å². The van der Waals surface area contributed by atoms with Crippen LogP contribution < -0.4 is 0 Å². The summed E-state index contributed by atoms with van der Waals surface area (Å²) in [5.74, 6) is -1.03. The second-order valence-corrected chi connectivity index (χ2v) is 7.41. The van der Waals surface area contributed by atoms with Crippen LogP contribution in [0.5, 0.6) is 0 Å². The number of aryl methyl sites for hydroxylation is 1. The molecule has 0 saturated carbocycles. The Labute approximate surface area is 152 Å². The molecule has 0 bridgehead atoms. The minimum Gasteiger partial charge on any atom is -0.481 e. The molecule has 1 amide bonds. The van der Waals surface area contributed by atoms with Crippen LogP contribution in [0, 0.1) is 11.3 Å². The number of nitrogens with zero attached hydrogens (tertiary/aromatic N) is 2. The van der Waals surface area contributed by atoms with Crippen LogP contribution in [-0.2, 0) is 16.1 Å². The monoisotopic (exact) mass is 356 g/mol. The number of hydrogen-bond donors (Lipinski definition) is 1. The van der Waals surface area contributed by atoms with Gasteiger partial charge in [-0.1, -0.05) is 25.1 Å². The molecule has 1 aromatic heterocycles. The quantitative estimate of drug-likeness (QED) is 0.914. The van der Waals surface area contributed by atoms with Gasteiger partial charge in [-0.2, -0.15) is 0 Å². The predicted molar refractivity (Wildman–Crippen MR) is 97.1 cm³/mol. The topological polar surface area (TPSA) is 71.8 Å². The molecule has 26 heavy (non-hydrogen) atoms. The van der Waals surface area contributed by atoms with Gasteiger partial charge in [-0.25, -0.2) is 0 Å². The second kappa shape index (κ2) is 6.43. The second-order valence-electron chi connectivity index (χ2n) is 7.41. The first-order chi connectivity index (χ1) is 12.6. The van der Waals surface area contributed by atoms with Crippen molar-refractivity contribution in [2.75, 3.05) is 26.3 Å². The third kappa shape index (κ3) is 2.51. The van der Waals surface area contributed by atoms with Gasteiger partial charge in [0.15, 0.2) is 0 Å². The van der Waals surface area contributed by atoms with E-state index in [0.29, 0.717) is 31.9 Å². The summed E-state index contributed by atoms with van der Waals surface area (Å²) in [6, 6.07) is 9.91. The first-order valence-electron chi connectivity index (χ1n) is 9.25. The van der Waals surface area contributed by atoms with Gasteiger partial charge in [-0.3, -0.25) is 9.59 Å². The maximum absolute atomic E-state index is 13.3. The van der Waals surface area contributed by atoms with Crippen molar-refractivity contribution in [3.63, 3.8) is 0 Å². The molecule has 1 N–H and O–H groups in total. The molecule has 138 valence electrons. The number of rotatable bonds is 4. The Morgan fingerprint density at radius 2 is 2.15 bits per heavy atom. The Morgan fingerprint density at radius 1 is 1.35 bits per heavy atom. The number of aromatic nitrogens is 1. The Hall–Kier alpha value is -2.34. The van der Waals surface area contributed by atoms with Crippen LogP contribution in [0.3, 0.4) is 0 Å². The van der Waals surface area contributed by atoms with Gasteiger partial charge < -0.3 is 19.3 Å². The molecular formula is C20H24N2O4. The smallest absolute Gasteiger partial charge is 0.311 e. The standard InChI is InChI=1S/C20H24N2O4/c1-2-8-22-16-6-4-3-5-14(16)10-17(22)18(23)21-11-15-12-26-9-7-20(15,13-21)19(24)25/h3-6,10,15H,2,7-9,11-13H2,1H3,(H,24,25)/t15-,20+/m0/s1. The van der Waals surface area contributed by atoms with E-state index >= 15 is 0 Å². The van der Waals surface area contributed by atoms with Crippen LogP contribution in [0.4, 0.5) is 0 Å². The lowest BCUT2D eigenvalue weighted by Crippen LogP contribution is -2.45. The molecule has 0 spiro atoms. The Morgan fingerprint density at radius 3 is 2.88 bits per heavy atom. The average molecular weight is 356 g/mol. The van der Waals surface area contributed by atoms with Gasteiger partial charge >= 0.3 is 5.97 Å². The fourth-order valence-corrected chi connectivity index (χ4v) is 4.47. The summed E-state index contributed by atoms with van der Waals surface area (Å²) >= 11 is 0. The fourth-order valence-electron chi connectivity index (χ4n) is 4.47. The van der Waals surface area contributed by atoms with Crippen molar-refractivity contribution in [3.8, 4) is 0 Å². The highest BCUT2D eigenvalue weighted by Crippen LogP contribution is 2.43. The van der Waals surface area contributed by atoms with Gasteiger partial charge in [-0.15, -0.1) is 0 Å². The lowest BCUT2D eigenvalue weighted by molar-refractivity contribution is -0.157. The molecule has 2 atom stereocenters. The summed E-state index contributed by atoms with van der Waals surface area (Å²) in [6.45, 7) is 4.42. The first-order valence-corrected chi connectivity index (χ1v) is 9.25. The molecule has 4 rings (SSSR count).